The maximum absolute atomic E-state index is 11.7. The Morgan fingerprint density at radius 1 is 1.22 bits per heavy atom. The quantitative estimate of drug-likeness (QED) is 0.282. The van der Waals surface area contributed by atoms with E-state index in [-0.39, 0.29) is 11.6 Å². The lowest BCUT2D eigenvalue weighted by molar-refractivity contribution is -0.0217. The van der Waals surface area contributed by atoms with Crippen molar-refractivity contribution < 1.29 is 43.3 Å². The molecule has 0 aromatic carbocycles. The highest BCUT2D eigenvalue weighted by Crippen LogP contribution is 2.55. The van der Waals surface area contributed by atoms with E-state index in [1.54, 1.807) is 0 Å². The zero-order chi connectivity index (χ0) is 20.0. The molecule has 5 atom stereocenters. The van der Waals surface area contributed by atoms with Gasteiger partial charge in [-0.3, -0.25) is 9.13 Å². The minimum atomic E-state index is -4.79. The van der Waals surface area contributed by atoms with Crippen LogP contribution in [0.1, 0.15) is 11.9 Å². The molecular weight excluding hydrogens is 408 g/mol. The number of nitrogen functional groups attached to an aromatic ring is 1. The highest BCUT2D eigenvalue weighted by atomic mass is 31.2. The second-order valence-electron chi connectivity index (χ2n) is 5.87. The first-order valence-corrected chi connectivity index (χ1v) is 11.0. The molecule has 3 rings (SSSR count). The van der Waals surface area contributed by atoms with Crippen LogP contribution in [0, 0.1) is 0 Å². The van der Waals surface area contributed by atoms with Crippen molar-refractivity contribution in [2.24, 2.45) is 0 Å². The normalized spacial score (nSPS) is 28.5. The van der Waals surface area contributed by atoms with Gasteiger partial charge in [-0.1, -0.05) is 0 Å². The van der Waals surface area contributed by atoms with Crippen LogP contribution in [0.2, 0.25) is 0 Å². The van der Waals surface area contributed by atoms with Crippen LogP contribution in [0.15, 0.2) is 12.5 Å². The van der Waals surface area contributed by atoms with Crippen molar-refractivity contribution in [3.63, 3.8) is 0 Å². The molecule has 150 valence electrons. The third-order valence-corrected chi connectivity index (χ3v) is 7.27. The van der Waals surface area contributed by atoms with E-state index in [1.807, 2.05) is 0 Å². The van der Waals surface area contributed by atoms with Gasteiger partial charge in [-0.2, -0.15) is 5.10 Å². The van der Waals surface area contributed by atoms with Crippen molar-refractivity contribution >= 4 is 26.5 Å². The fraction of sp³-hybridized carbons (Fsp3) is 0.545. The molecule has 0 aliphatic carbocycles. The number of aliphatic hydroxyl groups excluding tert-OH is 2. The summed E-state index contributed by atoms with van der Waals surface area (Å²) in [5.74, 6) is -1.14. The van der Waals surface area contributed by atoms with E-state index < -0.39 is 52.1 Å². The summed E-state index contributed by atoms with van der Waals surface area (Å²) in [6.45, 7) is -0.692. The third kappa shape index (κ3) is 4.35. The second-order valence-corrected chi connectivity index (χ2v) is 9.87. The predicted molar refractivity (Wildman–Crippen MR) is 87.5 cm³/mol. The first kappa shape index (κ1) is 20.3. The molecule has 0 amide bonds. The van der Waals surface area contributed by atoms with Crippen LogP contribution in [-0.4, -0.2) is 75.3 Å². The van der Waals surface area contributed by atoms with Gasteiger partial charge in [0.05, 0.1) is 12.8 Å². The van der Waals surface area contributed by atoms with E-state index >= 15 is 0 Å². The van der Waals surface area contributed by atoms with Gasteiger partial charge in [-0.05, 0) is 0 Å². The molecule has 0 saturated carbocycles. The minimum absolute atomic E-state index is 0.107. The number of imidazole rings is 1. The molecule has 27 heavy (non-hydrogen) atoms. The Balaban J connectivity index is 1.75. The Morgan fingerprint density at radius 2 is 1.93 bits per heavy atom. The van der Waals surface area contributed by atoms with Gasteiger partial charge in [-0.25, -0.2) is 14.5 Å². The number of fused-ring (bicyclic) bond motifs is 1. The number of rotatable bonds is 6. The number of anilines is 1. The summed E-state index contributed by atoms with van der Waals surface area (Å²) in [7, 11) is -9.42. The third-order valence-electron chi connectivity index (χ3n) is 3.81. The first-order chi connectivity index (χ1) is 12.5. The summed E-state index contributed by atoms with van der Waals surface area (Å²) in [5, 5.41) is 24.3. The van der Waals surface area contributed by atoms with E-state index in [2.05, 4.69) is 19.6 Å². The lowest BCUT2D eigenvalue weighted by Gasteiger charge is -2.18. The molecule has 1 fully saturated rings. The molecule has 3 heterocycles. The average Bonchev–Trinajstić information content (AvgIpc) is 3.07. The molecule has 1 aliphatic heterocycles. The zero-order valence-electron chi connectivity index (χ0n) is 13.5. The minimum Gasteiger partial charge on any atom is -0.387 e. The van der Waals surface area contributed by atoms with E-state index in [1.165, 1.54) is 10.7 Å². The van der Waals surface area contributed by atoms with Crippen molar-refractivity contribution in [1.82, 2.24) is 19.6 Å². The van der Waals surface area contributed by atoms with Crippen LogP contribution in [0.25, 0.3) is 5.52 Å². The second kappa shape index (κ2) is 7.17. The SMILES string of the molecule is Nc1ncnn2c([C@@H]3O[C@H](COP(=O)(O)CP(=O)(O)O)[C@@H](O)[C@H]3O)ncc12. The molecule has 1 aliphatic rings. The smallest absolute Gasteiger partial charge is 0.340 e. The van der Waals surface area contributed by atoms with Crippen molar-refractivity contribution in [1.29, 1.82) is 0 Å². The molecule has 2 aromatic heterocycles. The predicted octanol–water partition coefficient (Wildman–Crippen LogP) is -1.79. The number of hydrogen-bond donors (Lipinski definition) is 6. The Morgan fingerprint density at radius 3 is 2.59 bits per heavy atom. The highest BCUT2D eigenvalue weighted by molar-refractivity contribution is 7.70. The fourth-order valence-electron chi connectivity index (χ4n) is 2.62. The number of aromatic nitrogens is 4. The van der Waals surface area contributed by atoms with Gasteiger partial charge in [0.25, 0.3) is 0 Å². The first-order valence-electron chi connectivity index (χ1n) is 7.45. The Kier molecular flexibility index (Phi) is 5.38. The molecule has 7 N–H and O–H groups in total. The van der Waals surface area contributed by atoms with Crippen LogP contribution in [0.3, 0.4) is 0 Å². The summed E-state index contributed by atoms with van der Waals surface area (Å²) in [5.41, 5.74) is 6.04. The number of ether oxygens (including phenoxy) is 1. The summed E-state index contributed by atoms with van der Waals surface area (Å²) in [4.78, 5) is 34.9. The largest absolute Gasteiger partial charge is 0.387 e. The van der Waals surface area contributed by atoms with Gasteiger partial charge in [-0.15, -0.1) is 0 Å². The Hall–Kier alpha value is -1.47. The summed E-state index contributed by atoms with van der Waals surface area (Å²) < 4.78 is 33.9. The molecule has 1 saturated heterocycles. The number of nitrogens with zero attached hydrogens (tertiary/aromatic N) is 4. The van der Waals surface area contributed by atoms with Crippen LogP contribution in [-0.2, 0) is 18.4 Å². The topological polar surface area (TPSA) is 223 Å². The molecule has 0 radical (unpaired) electrons. The van der Waals surface area contributed by atoms with Crippen molar-refractivity contribution in [3.8, 4) is 0 Å². The monoisotopic (exact) mass is 425 g/mol. The maximum Gasteiger partial charge on any atom is 0.340 e. The van der Waals surface area contributed by atoms with E-state index in [4.69, 9.17) is 20.3 Å². The summed E-state index contributed by atoms with van der Waals surface area (Å²) >= 11 is 0. The van der Waals surface area contributed by atoms with Gasteiger partial charge in [0, 0.05) is 0 Å². The Labute approximate surface area is 151 Å². The van der Waals surface area contributed by atoms with Crippen LogP contribution >= 0.6 is 15.2 Å². The molecular formula is C11H17N5O9P2. The van der Waals surface area contributed by atoms with E-state index in [0.29, 0.717) is 5.52 Å². The fourth-order valence-corrected chi connectivity index (χ4v) is 5.19. The zero-order valence-corrected chi connectivity index (χ0v) is 15.3. The highest BCUT2D eigenvalue weighted by Gasteiger charge is 2.46. The molecule has 1 unspecified atom stereocenters. The molecule has 16 heteroatoms. The molecule has 0 bridgehead atoms. The molecule has 2 aromatic rings. The van der Waals surface area contributed by atoms with Crippen molar-refractivity contribution in [2.45, 2.75) is 24.4 Å². The van der Waals surface area contributed by atoms with E-state index in [0.717, 1.165) is 6.33 Å². The van der Waals surface area contributed by atoms with Crippen LogP contribution < -0.4 is 5.73 Å². The lowest BCUT2D eigenvalue weighted by Crippen LogP contribution is -2.33. The van der Waals surface area contributed by atoms with Gasteiger partial charge >= 0.3 is 15.2 Å². The van der Waals surface area contributed by atoms with E-state index in [9.17, 15) is 24.2 Å². The molecule has 14 nitrogen and oxygen atoms in total. The number of hydrogen-bond acceptors (Lipinski definition) is 10. The van der Waals surface area contributed by atoms with Gasteiger partial charge in [0.1, 0.15) is 36.3 Å². The lowest BCUT2D eigenvalue weighted by atomic mass is 10.1. The van der Waals surface area contributed by atoms with Crippen LogP contribution in [0.5, 0.6) is 0 Å². The van der Waals surface area contributed by atoms with Gasteiger partial charge in [0.2, 0.25) is 0 Å². The number of nitrogens with two attached hydrogens (primary N) is 1. The average molecular weight is 425 g/mol. The van der Waals surface area contributed by atoms with Gasteiger partial charge < -0.3 is 39.9 Å². The summed E-state index contributed by atoms with van der Waals surface area (Å²) in [6, 6.07) is 0. The number of aliphatic hydroxyl groups is 2. The van der Waals surface area contributed by atoms with Crippen molar-refractivity contribution in [3.05, 3.63) is 18.3 Å². The molecule has 0 spiro atoms. The standard InChI is InChI=1S/C11H17N5O9P2/c12-10-5-1-13-11(16(5)15-3-14-10)9-8(18)7(17)6(25-9)2-24-27(22,23)4-26(19,20)21/h1,3,6-9,17-18H,2,4H2,(H,22,23)(H2,12,14,15)(H2,19,20,21)/t6-,7-,8-,9-/m1/s1. The summed E-state index contributed by atoms with van der Waals surface area (Å²) in [6.07, 6.45) is -2.90. The van der Waals surface area contributed by atoms with Crippen molar-refractivity contribution in [2.75, 3.05) is 18.2 Å². The van der Waals surface area contributed by atoms with Crippen LogP contribution in [0.4, 0.5) is 5.82 Å². The Bertz CT molecular complexity index is 932. The maximum atomic E-state index is 11.7. The van der Waals surface area contributed by atoms with Gasteiger partial charge in [0.15, 0.2) is 17.5 Å².